The maximum atomic E-state index is 13.8. The van der Waals surface area contributed by atoms with Gasteiger partial charge in [-0.3, -0.25) is 4.79 Å². The number of aryl methyl sites for hydroxylation is 1. The molecule has 2 aliphatic rings. The molecule has 0 spiro atoms. The van der Waals surface area contributed by atoms with E-state index in [0.29, 0.717) is 30.1 Å². The molecular formula is C33H43F2N5O6S. The average molecular weight is 676 g/mol. The number of ether oxygens (including phenoxy) is 1. The molecule has 1 unspecified atom stereocenters. The lowest BCUT2D eigenvalue weighted by Crippen LogP contribution is -2.38. The van der Waals surface area contributed by atoms with Gasteiger partial charge in [-0.25, -0.2) is 8.78 Å². The van der Waals surface area contributed by atoms with Gasteiger partial charge >= 0.3 is 16.1 Å². The van der Waals surface area contributed by atoms with Gasteiger partial charge in [0.15, 0.2) is 17.3 Å². The van der Waals surface area contributed by atoms with Crippen molar-refractivity contribution in [1.29, 1.82) is 0 Å². The molecule has 256 valence electrons. The Morgan fingerprint density at radius 2 is 1.79 bits per heavy atom. The zero-order valence-corrected chi connectivity index (χ0v) is 28.0. The Morgan fingerprint density at radius 1 is 1.09 bits per heavy atom. The van der Waals surface area contributed by atoms with Gasteiger partial charge in [0.2, 0.25) is 5.91 Å². The molecule has 3 aromatic rings. The van der Waals surface area contributed by atoms with E-state index >= 15 is 0 Å². The minimum atomic E-state index is -4.27. The van der Waals surface area contributed by atoms with E-state index in [1.165, 1.54) is 30.3 Å². The minimum Gasteiger partial charge on any atom is -0.490 e. The van der Waals surface area contributed by atoms with Crippen molar-refractivity contribution < 1.29 is 35.4 Å². The first-order chi connectivity index (χ1) is 22.2. The molecule has 14 heteroatoms. The third-order valence-corrected chi connectivity index (χ3v) is 10.2. The van der Waals surface area contributed by atoms with Crippen LogP contribution >= 0.6 is 0 Å². The predicted octanol–water partition coefficient (Wildman–Crippen LogP) is 5.46. The van der Waals surface area contributed by atoms with Crippen LogP contribution < -0.4 is 19.6 Å². The number of piperidine rings is 1. The van der Waals surface area contributed by atoms with Gasteiger partial charge in [0.25, 0.3) is 5.92 Å². The van der Waals surface area contributed by atoms with Crippen molar-refractivity contribution >= 4 is 22.0 Å². The highest BCUT2D eigenvalue weighted by Gasteiger charge is 2.41. The Labute approximate surface area is 274 Å². The average Bonchev–Trinajstić information content (AvgIpc) is 3.68. The number of benzene rings is 2. The Hall–Kier alpha value is -3.78. The molecule has 2 saturated heterocycles. The number of hydrogen-bond acceptors (Lipinski definition) is 10. The summed E-state index contributed by atoms with van der Waals surface area (Å²) >= 11 is 0. The number of alkyl halides is 2. The summed E-state index contributed by atoms with van der Waals surface area (Å²) < 4.78 is 71.1. The Morgan fingerprint density at radius 3 is 2.40 bits per heavy atom. The van der Waals surface area contributed by atoms with Crippen molar-refractivity contribution in [3.63, 3.8) is 0 Å². The largest absolute Gasteiger partial charge is 0.490 e. The van der Waals surface area contributed by atoms with Crippen LogP contribution in [0.25, 0.3) is 0 Å². The molecule has 0 aliphatic carbocycles. The van der Waals surface area contributed by atoms with E-state index in [-0.39, 0.29) is 41.0 Å². The molecule has 2 N–H and O–H groups in total. The van der Waals surface area contributed by atoms with Crippen LogP contribution in [0.2, 0.25) is 0 Å². The highest BCUT2D eigenvalue weighted by atomic mass is 32.2. The number of anilines is 1. The lowest BCUT2D eigenvalue weighted by atomic mass is 9.84. The number of aromatic nitrogens is 2. The quantitative estimate of drug-likeness (QED) is 0.246. The number of carbonyl (C=O) groups excluding carboxylic acids is 1. The molecule has 3 heterocycles. The summed E-state index contributed by atoms with van der Waals surface area (Å²) in [7, 11) is -4.27. The van der Waals surface area contributed by atoms with Gasteiger partial charge < -0.3 is 29.0 Å². The molecule has 2 aliphatic heterocycles. The van der Waals surface area contributed by atoms with Crippen molar-refractivity contribution in [3.8, 4) is 11.5 Å². The van der Waals surface area contributed by atoms with E-state index < -0.39 is 41.0 Å². The summed E-state index contributed by atoms with van der Waals surface area (Å²) in [5.41, 5.74) is 7.30. The zero-order chi connectivity index (χ0) is 33.9. The molecule has 1 aromatic heterocycles. The van der Waals surface area contributed by atoms with Crippen LogP contribution in [0.4, 0.5) is 14.8 Å². The normalized spacial score (nSPS) is 18.4. The number of rotatable bonds is 12. The van der Waals surface area contributed by atoms with Crippen LogP contribution in [0.5, 0.6) is 11.5 Å². The first-order valence-electron chi connectivity index (χ1n) is 16.0. The Bertz CT molecular complexity index is 1640. The maximum absolute atomic E-state index is 13.8. The lowest BCUT2D eigenvalue weighted by Gasteiger charge is -2.33. The summed E-state index contributed by atoms with van der Waals surface area (Å²) in [4.78, 5) is 20.5. The van der Waals surface area contributed by atoms with Crippen molar-refractivity contribution in [1.82, 2.24) is 15.0 Å². The molecule has 1 amide bonds. The highest BCUT2D eigenvalue weighted by Crippen LogP contribution is 2.36. The Balaban J connectivity index is 1.25. The van der Waals surface area contributed by atoms with Crippen LogP contribution in [-0.2, 0) is 14.9 Å². The third kappa shape index (κ3) is 8.39. The number of hydrogen-bond donors (Lipinski definition) is 1. The van der Waals surface area contributed by atoms with Crippen LogP contribution in [-0.4, -0.2) is 68.1 Å². The van der Waals surface area contributed by atoms with Gasteiger partial charge in [-0.1, -0.05) is 49.7 Å². The molecule has 0 saturated carbocycles. The fourth-order valence-electron chi connectivity index (χ4n) is 5.88. The molecule has 2 fully saturated rings. The number of amides is 1. The predicted molar refractivity (Wildman–Crippen MR) is 171 cm³/mol. The van der Waals surface area contributed by atoms with Crippen LogP contribution in [0.15, 0.2) is 51.9 Å². The van der Waals surface area contributed by atoms with Gasteiger partial charge in [0, 0.05) is 32.0 Å². The number of nitrogens with two attached hydrogens (primary N) is 1. The second-order valence-electron chi connectivity index (χ2n) is 12.9. The van der Waals surface area contributed by atoms with Crippen LogP contribution in [0.1, 0.15) is 75.4 Å². The van der Waals surface area contributed by atoms with Gasteiger partial charge in [0.05, 0.1) is 13.2 Å². The molecule has 2 atom stereocenters. The first-order valence-corrected chi connectivity index (χ1v) is 17.4. The number of nitrogens with zero attached hydrogens (tertiary/aromatic N) is 4. The highest BCUT2D eigenvalue weighted by molar-refractivity contribution is 7.87. The summed E-state index contributed by atoms with van der Waals surface area (Å²) in [6.07, 6.45) is 2.17. The molecule has 47 heavy (non-hydrogen) atoms. The number of halogens is 2. The molecule has 11 nitrogen and oxygen atoms in total. The minimum absolute atomic E-state index is 0.0555. The van der Waals surface area contributed by atoms with E-state index in [0.717, 1.165) is 36.4 Å². The second kappa shape index (κ2) is 14.1. The molecule has 0 radical (unpaired) electrons. The number of carbonyl (C=O) groups is 1. The van der Waals surface area contributed by atoms with Crippen molar-refractivity contribution in [3.05, 3.63) is 59.4 Å². The van der Waals surface area contributed by atoms with Gasteiger partial charge in [-0.15, -0.1) is 0 Å². The summed E-state index contributed by atoms with van der Waals surface area (Å²) in [5, 5.41) is 4.07. The topological polar surface area (TPSA) is 141 Å². The molecule has 2 aromatic carbocycles. The first kappa shape index (κ1) is 34.6. The second-order valence-corrected chi connectivity index (χ2v) is 14.5. The maximum Gasteiger partial charge on any atom is 0.339 e. The standard InChI is InChI=1S/C33H43F2N5O6S/c1-21(2)30-37-32(45-38-30)39-15-11-24(12-16-39)23(4)13-18-44-27-10-7-25(29(36)31(41)40-17-14-33(34,35)20-40)19-28(27)46-47(42,43)26-8-5-22(3)6-9-26/h5-10,19,21,23-24,29H,11-18,20,36H2,1-4H3/t23-,29?/m1/s1. The Kier molecular flexibility index (Phi) is 10.4. The fraction of sp³-hybridized carbons (Fsp3) is 0.545. The smallest absolute Gasteiger partial charge is 0.339 e. The monoisotopic (exact) mass is 675 g/mol. The van der Waals surface area contributed by atoms with E-state index in [1.807, 2.05) is 20.8 Å². The van der Waals surface area contributed by atoms with Gasteiger partial charge in [-0.05, 0) is 67.9 Å². The SMILES string of the molecule is Cc1ccc(S(=O)(=O)Oc2cc(C(N)C(=O)N3CCC(F)(F)C3)ccc2OCC[C@@H](C)C2CCN(c3nc(C(C)C)no3)CC2)cc1. The number of likely N-dealkylation sites (tertiary alicyclic amines) is 1. The zero-order valence-electron chi connectivity index (χ0n) is 27.2. The van der Waals surface area contributed by atoms with Gasteiger partial charge in [0.1, 0.15) is 10.9 Å². The molecule has 5 rings (SSSR count). The van der Waals surface area contributed by atoms with Crippen molar-refractivity contribution in [2.24, 2.45) is 17.6 Å². The fourth-order valence-corrected chi connectivity index (χ4v) is 6.81. The summed E-state index contributed by atoms with van der Waals surface area (Å²) in [5.74, 6) is -1.97. The molecular weight excluding hydrogens is 632 g/mol. The third-order valence-electron chi connectivity index (χ3n) is 8.98. The van der Waals surface area contributed by atoms with Crippen molar-refractivity contribution in [2.45, 2.75) is 76.2 Å². The van der Waals surface area contributed by atoms with E-state index in [2.05, 4.69) is 22.0 Å². The van der Waals surface area contributed by atoms with Crippen LogP contribution in [0, 0.1) is 18.8 Å². The summed E-state index contributed by atoms with van der Waals surface area (Å²) in [6.45, 7) is 9.13. The van der Waals surface area contributed by atoms with E-state index in [1.54, 1.807) is 12.1 Å². The summed E-state index contributed by atoms with van der Waals surface area (Å²) in [6, 6.07) is 9.80. The van der Waals surface area contributed by atoms with Gasteiger partial charge in [-0.2, -0.15) is 13.4 Å². The van der Waals surface area contributed by atoms with Crippen molar-refractivity contribution in [2.75, 3.05) is 37.7 Å². The molecule has 0 bridgehead atoms. The van der Waals surface area contributed by atoms with E-state index in [9.17, 15) is 22.0 Å². The van der Waals surface area contributed by atoms with Crippen LogP contribution in [0.3, 0.4) is 0 Å². The lowest BCUT2D eigenvalue weighted by molar-refractivity contribution is -0.133. The van der Waals surface area contributed by atoms with E-state index in [4.69, 9.17) is 19.2 Å².